The summed E-state index contributed by atoms with van der Waals surface area (Å²) in [6.07, 6.45) is -0.745. The van der Waals surface area contributed by atoms with Crippen LogP contribution >= 0.6 is 11.6 Å². The van der Waals surface area contributed by atoms with Crippen molar-refractivity contribution in [3.8, 4) is 22.8 Å². The van der Waals surface area contributed by atoms with Crippen LogP contribution in [0.2, 0.25) is 5.02 Å². The van der Waals surface area contributed by atoms with Gasteiger partial charge in [-0.1, -0.05) is 17.7 Å². The van der Waals surface area contributed by atoms with Crippen molar-refractivity contribution in [3.05, 3.63) is 34.6 Å². The Balaban J connectivity index is 1.62. The molecule has 2 saturated heterocycles. The lowest BCUT2D eigenvalue weighted by atomic mass is 10.00. The smallest absolute Gasteiger partial charge is 0.410 e. The van der Waals surface area contributed by atoms with Crippen molar-refractivity contribution in [2.24, 2.45) is 0 Å². The number of piperazine rings is 1. The first kappa shape index (κ1) is 28.2. The number of halogens is 2. The first-order valence-electron chi connectivity index (χ1n) is 13.3. The zero-order chi connectivity index (χ0) is 29.1. The summed E-state index contributed by atoms with van der Waals surface area (Å²) in [6, 6.07) is 3.36. The fraction of sp³-hybridized carbons (Fsp3) is 0.536. The molecule has 0 saturated carbocycles. The minimum Gasteiger partial charge on any atom is -0.507 e. The number of phenols is 1. The van der Waals surface area contributed by atoms with Gasteiger partial charge in [0, 0.05) is 31.7 Å². The van der Waals surface area contributed by atoms with Crippen molar-refractivity contribution in [2.45, 2.75) is 64.3 Å². The third-order valence-electron chi connectivity index (χ3n) is 7.45. The minimum atomic E-state index is -0.744. The molecule has 2 amide bonds. The van der Waals surface area contributed by atoms with Crippen molar-refractivity contribution in [3.63, 3.8) is 0 Å². The van der Waals surface area contributed by atoms with Crippen molar-refractivity contribution >= 4 is 29.4 Å². The molecule has 216 valence electrons. The second-order valence-electron chi connectivity index (χ2n) is 12.1. The van der Waals surface area contributed by atoms with Gasteiger partial charge in [0.15, 0.2) is 5.75 Å². The average molecular weight is 577 g/mol. The molecule has 4 heterocycles. The van der Waals surface area contributed by atoms with Gasteiger partial charge in [0.2, 0.25) is 0 Å². The molecule has 10 nitrogen and oxygen atoms in total. The number of carbonyl (C=O) groups excluding carboxylic acids is 2. The predicted octanol–water partition coefficient (Wildman–Crippen LogP) is 4.05. The van der Waals surface area contributed by atoms with Gasteiger partial charge in [-0.3, -0.25) is 4.79 Å². The Morgan fingerprint density at radius 1 is 1.23 bits per heavy atom. The van der Waals surface area contributed by atoms with Gasteiger partial charge < -0.3 is 34.4 Å². The Hall–Kier alpha value is -3.31. The lowest BCUT2D eigenvalue weighted by Gasteiger charge is -2.40. The van der Waals surface area contributed by atoms with E-state index in [1.165, 1.54) is 18.2 Å². The number of rotatable bonds is 2. The first-order valence-corrected chi connectivity index (χ1v) is 13.6. The number of anilines is 1. The van der Waals surface area contributed by atoms with E-state index in [2.05, 4.69) is 4.98 Å². The summed E-state index contributed by atoms with van der Waals surface area (Å²) in [5, 5.41) is 21.0. The number of aromatic hydroxyl groups is 1. The second-order valence-corrected chi connectivity index (χ2v) is 12.5. The molecule has 12 heteroatoms. The quantitative estimate of drug-likeness (QED) is 0.550. The fourth-order valence-electron chi connectivity index (χ4n) is 5.63. The number of pyridine rings is 1. The van der Waals surface area contributed by atoms with Crippen LogP contribution in [0.5, 0.6) is 11.5 Å². The molecule has 0 radical (unpaired) electrons. The van der Waals surface area contributed by atoms with Crippen molar-refractivity contribution in [2.75, 3.05) is 37.7 Å². The van der Waals surface area contributed by atoms with E-state index in [9.17, 15) is 19.8 Å². The zero-order valence-corrected chi connectivity index (χ0v) is 24.0. The van der Waals surface area contributed by atoms with Crippen LogP contribution in [0.15, 0.2) is 18.2 Å². The molecule has 5 rings (SSSR count). The number of aliphatic hydroxyl groups is 1. The molecule has 1 aromatic carbocycles. The summed E-state index contributed by atoms with van der Waals surface area (Å²) in [6.45, 7) is 10.0. The van der Waals surface area contributed by atoms with Gasteiger partial charge >= 0.3 is 6.09 Å². The van der Waals surface area contributed by atoms with E-state index in [1.807, 2.05) is 13.8 Å². The van der Waals surface area contributed by atoms with E-state index in [-0.39, 0.29) is 71.9 Å². The molecule has 3 aliphatic rings. The molecule has 2 N–H and O–H groups in total. The average Bonchev–Trinajstić information content (AvgIpc) is 3.03. The Morgan fingerprint density at radius 2 is 1.95 bits per heavy atom. The van der Waals surface area contributed by atoms with Gasteiger partial charge in [-0.2, -0.15) is 0 Å². The molecule has 2 aromatic rings. The fourth-order valence-corrected chi connectivity index (χ4v) is 5.92. The number of aromatic nitrogens is 1. The van der Waals surface area contributed by atoms with Gasteiger partial charge in [-0.15, -0.1) is 0 Å². The third kappa shape index (κ3) is 5.01. The Kier molecular flexibility index (Phi) is 7.02. The second kappa shape index (κ2) is 9.95. The maximum atomic E-state index is 15.0. The van der Waals surface area contributed by atoms with Crippen LogP contribution in [0.1, 0.15) is 51.4 Å². The number of carbonyl (C=O) groups is 2. The molecule has 2 fully saturated rings. The van der Waals surface area contributed by atoms with Crippen LogP contribution in [0.25, 0.3) is 11.3 Å². The maximum Gasteiger partial charge on any atom is 0.410 e. The molecule has 1 unspecified atom stereocenters. The van der Waals surface area contributed by atoms with Gasteiger partial charge in [-0.05, 0) is 53.2 Å². The van der Waals surface area contributed by atoms with Crippen LogP contribution in [-0.4, -0.2) is 93.1 Å². The van der Waals surface area contributed by atoms with E-state index >= 15 is 4.39 Å². The number of phenolic OH excluding ortho intramolecular Hbond substituents is 1. The highest BCUT2D eigenvalue weighted by molar-refractivity contribution is 6.35. The van der Waals surface area contributed by atoms with Gasteiger partial charge in [0.25, 0.3) is 5.91 Å². The number of aliphatic hydroxyl groups excluding tert-OH is 1. The standard InChI is InChI=1S/C28H34ClFN4O6/c1-27(2,3)40-26(38)32-9-10-33-15(12-32)14-39-23-20(25(33)37)24(34-13-16(35)11-28(34,4)5)31-22(21(23)29)19-17(30)7-6-8-18(19)36/h6-8,15-16,35-36H,9-14H2,1-5H3/t15-,16?/m1/s1. The van der Waals surface area contributed by atoms with E-state index in [0.717, 1.165) is 0 Å². The van der Waals surface area contributed by atoms with Crippen molar-refractivity contribution in [1.82, 2.24) is 14.8 Å². The van der Waals surface area contributed by atoms with Crippen molar-refractivity contribution < 1.29 is 33.7 Å². The summed E-state index contributed by atoms with van der Waals surface area (Å²) < 4.78 is 26.7. The van der Waals surface area contributed by atoms with Gasteiger partial charge in [0.05, 0.1) is 17.7 Å². The Morgan fingerprint density at radius 3 is 2.58 bits per heavy atom. The largest absolute Gasteiger partial charge is 0.507 e. The number of amides is 2. The highest BCUT2D eigenvalue weighted by Gasteiger charge is 2.45. The highest BCUT2D eigenvalue weighted by atomic mass is 35.5. The van der Waals surface area contributed by atoms with Crippen LogP contribution in [0, 0.1) is 5.82 Å². The van der Waals surface area contributed by atoms with Crippen LogP contribution in [0.4, 0.5) is 15.0 Å². The number of fused-ring (bicyclic) bond motifs is 2. The number of hydrogen-bond donors (Lipinski definition) is 2. The van der Waals surface area contributed by atoms with E-state index < -0.39 is 41.1 Å². The number of nitrogens with zero attached hydrogens (tertiary/aromatic N) is 4. The first-order chi connectivity index (χ1) is 18.7. The van der Waals surface area contributed by atoms with Crippen LogP contribution in [-0.2, 0) is 4.74 Å². The molecule has 2 atom stereocenters. The van der Waals surface area contributed by atoms with E-state index in [1.54, 1.807) is 35.5 Å². The molecule has 40 heavy (non-hydrogen) atoms. The lowest BCUT2D eigenvalue weighted by Crippen LogP contribution is -2.58. The monoisotopic (exact) mass is 576 g/mol. The van der Waals surface area contributed by atoms with Crippen molar-refractivity contribution in [1.29, 1.82) is 0 Å². The topological polar surface area (TPSA) is 116 Å². The molecule has 0 spiro atoms. The lowest BCUT2D eigenvalue weighted by molar-refractivity contribution is 0.000952. The molecule has 3 aliphatic heterocycles. The normalized spacial score (nSPS) is 22.4. The van der Waals surface area contributed by atoms with Gasteiger partial charge in [-0.25, -0.2) is 14.2 Å². The Bertz CT molecular complexity index is 1340. The molecule has 0 aliphatic carbocycles. The highest BCUT2D eigenvalue weighted by Crippen LogP contribution is 2.48. The number of β-amino-alcohol motifs (C(OH)–C–C–N with tert-alkyl or cyclic N) is 1. The zero-order valence-electron chi connectivity index (χ0n) is 23.2. The predicted molar refractivity (Wildman–Crippen MR) is 146 cm³/mol. The summed E-state index contributed by atoms with van der Waals surface area (Å²) in [5.74, 6) is -1.31. The van der Waals surface area contributed by atoms with E-state index in [0.29, 0.717) is 6.42 Å². The number of ether oxygens (including phenoxy) is 2. The minimum absolute atomic E-state index is 0.00984. The molecular formula is C28H34ClFN4O6. The molecule has 0 bridgehead atoms. The maximum absolute atomic E-state index is 15.0. The summed E-state index contributed by atoms with van der Waals surface area (Å²) in [4.78, 5) is 36.6. The number of benzene rings is 1. The SMILES string of the molecule is CC(C)(C)OC(=O)N1CCN2C(=O)c3c(N4CC(O)CC4(C)C)nc(-c4c(O)cccc4F)c(Cl)c3OC[C@H]2C1. The van der Waals surface area contributed by atoms with Crippen LogP contribution < -0.4 is 9.64 Å². The van der Waals surface area contributed by atoms with Gasteiger partial charge in [0.1, 0.15) is 45.9 Å². The summed E-state index contributed by atoms with van der Waals surface area (Å²) in [7, 11) is 0. The number of hydrogen-bond acceptors (Lipinski definition) is 8. The molecule has 1 aromatic heterocycles. The van der Waals surface area contributed by atoms with Crippen LogP contribution in [0.3, 0.4) is 0 Å². The van der Waals surface area contributed by atoms with E-state index in [4.69, 9.17) is 21.1 Å². The third-order valence-corrected chi connectivity index (χ3v) is 7.80. The summed E-state index contributed by atoms with van der Waals surface area (Å²) in [5.41, 5.74) is -1.48. The molecular weight excluding hydrogens is 543 g/mol. The summed E-state index contributed by atoms with van der Waals surface area (Å²) >= 11 is 6.78. The Labute approximate surface area is 237 Å².